The maximum atomic E-state index is 14.1. The van der Waals surface area contributed by atoms with E-state index in [0.717, 1.165) is 0 Å². The van der Waals surface area contributed by atoms with E-state index in [2.05, 4.69) is 10.3 Å². The van der Waals surface area contributed by atoms with Crippen molar-refractivity contribution in [3.8, 4) is 5.75 Å². The first-order valence-electron chi connectivity index (χ1n) is 12.2. The molecule has 0 spiro atoms. The van der Waals surface area contributed by atoms with E-state index in [1.165, 1.54) is 4.90 Å². The van der Waals surface area contributed by atoms with Crippen LogP contribution >= 0.6 is 0 Å². The molecule has 10 nitrogen and oxygen atoms in total. The molecule has 4 atom stereocenters. The van der Waals surface area contributed by atoms with Gasteiger partial charge in [-0.3, -0.25) is 19.2 Å². The summed E-state index contributed by atoms with van der Waals surface area (Å²) in [5, 5.41) is 3.48. The van der Waals surface area contributed by atoms with Gasteiger partial charge in [0.1, 0.15) is 17.0 Å². The normalized spacial score (nSPS) is 25.1. The fourth-order valence-electron chi connectivity index (χ4n) is 5.78. The lowest BCUT2D eigenvalue weighted by Crippen LogP contribution is -2.63. The molecular weight excluding hydrogens is 462 g/mol. The van der Waals surface area contributed by atoms with E-state index in [0.29, 0.717) is 29.6 Å². The Hall–Kier alpha value is -3.56. The third kappa shape index (κ3) is 4.18. The first-order valence-corrected chi connectivity index (χ1v) is 12.2. The second-order valence-corrected chi connectivity index (χ2v) is 11.0. The smallest absolute Gasteiger partial charge is 0.271 e. The van der Waals surface area contributed by atoms with Gasteiger partial charge in [-0.25, -0.2) is 0 Å². The number of aromatic nitrogens is 1. The lowest BCUT2D eigenvalue weighted by molar-refractivity contribution is -0.140. The summed E-state index contributed by atoms with van der Waals surface area (Å²) in [7, 11) is 1.55. The Labute approximate surface area is 210 Å². The van der Waals surface area contributed by atoms with Crippen LogP contribution in [0.4, 0.5) is 0 Å². The van der Waals surface area contributed by atoms with Gasteiger partial charge in [-0.1, -0.05) is 26.8 Å². The molecule has 1 aromatic carbocycles. The van der Waals surface area contributed by atoms with Crippen molar-refractivity contribution in [1.29, 1.82) is 0 Å². The number of benzene rings is 1. The minimum Gasteiger partial charge on any atom is -0.496 e. The number of nitrogens with one attached hydrogen (secondary N) is 2. The third-order valence-electron chi connectivity index (χ3n) is 8.02. The number of hydrogen-bond donors (Lipinski definition) is 4. The molecule has 1 aromatic heterocycles. The van der Waals surface area contributed by atoms with E-state index >= 15 is 0 Å². The molecule has 194 valence electrons. The van der Waals surface area contributed by atoms with Crippen LogP contribution in [0.3, 0.4) is 0 Å². The number of rotatable bonds is 7. The molecule has 3 heterocycles. The van der Waals surface area contributed by atoms with Crippen molar-refractivity contribution < 1.29 is 23.9 Å². The third-order valence-corrected chi connectivity index (χ3v) is 8.02. The number of H-pyrrole nitrogens is 1. The van der Waals surface area contributed by atoms with Crippen LogP contribution in [0.2, 0.25) is 0 Å². The average Bonchev–Trinajstić information content (AvgIpc) is 3.53. The molecule has 0 radical (unpaired) electrons. The molecule has 0 saturated carbocycles. The van der Waals surface area contributed by atoms with Gasteiger partial charge in [-0.15, -0.1) is 0 Å². The Morgan fingerprint density at radius 2 is 1.97 bits per heavy atom. The van der Waals surface area contributed by atoms with Crippen molar-refractivity contribution >= 4 is 34.5 Å². The average molecular weight is 498 g/mol. The number of fused-ring (bicyclic) bond motifs is 1. The summed E-state index contributed by atoms with van der Waals surface area (Å²) >= 11 is 0. The zero-order chi connectivity index (χ0) is 26.4. The van der Waals surface area contributed by atoms with E-state index in [-0.39, 0.29) is 42.3 Å². The van der Waals surface area contributed by atoms with Crippen LogP contribution in [0.5, 0.6) is 5.75 Å². The Morgan fingerprint density at radius 1 is 1.25 bits per heavy atom. The van der Waals surface area contributed by atoms with Crippen LogP contribution in [0, 0.1) is 23.2 Å². The van der Waals surface area contributed by atoms with Crippen molar-refractivity contribution in [3.63, 3.8) is 0 Å². The summed E-state index contributed by atoms with van der Waals surface area (Å²) < 4.78 is 5.42. The van der Waals surface area contributed by atoms with Crippen molar-refractivity contribution in [2.75, 3.05) is 20.2 Å². The van der Waals surface area contributed by atoms with Crippen LogP contribution in [-0.4, -0.2) is 59.3 Å². The van der Waals surface area contributed by atoms with Gasteiger partial charge >= 0.3 is 0 Å². The number of ether oxygens (including phenoxy) is 1. The SMILES string of the molecule is COc1cccc2[nH]c(C(=O)N3CC(C(C)(C)C)CC3(C(N)=O)[C@H](C[C@H]3CCNC3=O)C(N)=O)cc12. The maximum absolute atomic E-state index is 14.1. The fraction of sp³-hybridized carbons (Fsp3) is 0.538. The van der Waals surface area contributed by atoms with Crippen LogP contribution < -0.4 is 21.5 Å². The molecule has 6 N–H and O–H groups in total. The molecule has 2 aliphatic heterocycles. The molecule has 2 saturated heterocycles. The highest BCUT2D eigenvalue weighted by Gasteiger charge is 2.60. The highest BCUT2D eigenvalue weighted by Crippen LogP contribution is 2.48. The second-order valence-electron chi connectivity index (χ2n) is 11.0. The first-order chi connectivity index (χ1) is 16.9. The summed E-state index contributed by atoms with van der Waals surface area (Å²) in [5.41, 5.74) is 10.9. The number of amides is 4. The molecule has 2 aliphatic rings. The lowest BCUT2D eigenvalue weighted by atomic mass is 9.70. The van der Waals surface area contributed by atoms with Gasteiger partial charge in [-0.05, 0) is 48.8 Å². The summed E-state index contributed by atoms with van der Waals surface area (Å²) in [6.45, 7) is 6.78. The van der Waals surface area contributed by atoms with Crippen LogP contribution in [0.25, 0.3) is 10.9 Å². The molecule has 2 unspecified atom stereocenters. The maximum Gasteiger partial charge on any atom is 0.271 e. The molecule has 0 bridgehead atoms. The highest BCUT2D eigenvalue weighted by atomic mass is 16.5. The van der Waals surface area contributed by atoms with Gasteiger partial charge in [0, 0.05) is 29.9 Å². The fourth-order valence-corrected chi connectivity index (χ4v) is 5.78. The van der Waals surface area contributed by atoms with Gasteiger partial charge in [0.25, 0.3) is 5.91 Å². The van der Waals surface area contributed by atoms with Crippen molar-refractivity contribution in [3.05, 3.63) is 30.0 Å². The predicted octanol–water partition coefficient (Wildman–Crippen LogP) is 1.54. The molecule has 2 aromatic rings. The van der Waals surface area contributed by atoms with Gasteiger partial charge in [0.2, 0.25) is 17.7 Å². The zero-order valence-electron chi connectivity index (χ0n) is 21.2. The standard InChI is InChI=1S/C26H35N5O5/c1-25(2,3)15-12-26(24(28)35,17(21(27)32)10-14-8-9-29-22(14)33)31(13-15)23(34)19-11-16-18(30-19)6-5-7-20(16)36-4/h5-7,11,14-15,17,30H,8-10,12-13H2,1-4H3,(H2,27,32)(H2,28,35)(H,29,33)/t14-,15?,17-,26?/m1/s1. The van der Waals surface area contributed by atoms with Crippen molar-refractivity contribution in [2.45, 2.75) is 45.6 Å². The van der Waals surface area contributed by atoms with E-state index < -0.39 is 35.1 Å². The van der Waals surface area contributed by atoms with Gasteiger partial charge in [0.15, 0.2) is 0 Å². The number of likely N-dealkylation sites (tertiary alicyclic amines) is 1. The van der Waals surface area contributed by atoms with E-state index in [1.54, 1.807) is 25.3 Å². The lowest BCUT2D eigenvalue weighted by Gasteiger charge is -2.41. The molecule has 0 aliphatic carbocycles. The number of carbonyl (C=O) groups excluding carboxylic acids is 4. The second kappa shape index (κ2) is 9.15. The number of hydrogen-bond acceptors (Lipinski definition) is 5. The van der Waals surface area contributed by atoms with Gasteiger partial charge in [-0.2, -0.15) is 0 Å². The van der Waals surface area contributed by atoms with Crippen LogP contribution in [-0.2, 0) is 14.4 Å². The van der Waals surface area contributed by atoms with E-state index in [9.17, 15) is 19.2 Å². The highest BCUT2D eigenvalue weighted by molar-refractivity contribution is 6.04. The minimum atomic E-state index is -1.66. The summed E-state index contributed by atoms with van der Waals surface area (Å²) in [5.74, 6) is -3.32. The number of nitrogens with two attached hydrogens (primary N) is 2. The minimum absolute atomic E-state index is 0.0469. The monoisotopic (exact) mass is 497 g/mol. The molecular formula is C26H35N5O5. The van der Waals surface area contributed by atoms with Gasteiger partial charge in [0.05, 0.1) is 13.0 Å². The van der Waals surface area contributed by atoms with E-state index in [4.69, 9.17) is 16.2 Å². The zero-order valence-corrected chi connectivity index (χ0v) is 21.2. The summed E-state index contributed by atoms with van der Waals surface area (Å²) in [4.78, 5) is 57.2. The quantitative estimate of drug-likeness (QED) is 0.456. The Kier molecular flexibility index (Phi) is 6.49. The van der Waals surface area contributed by atoms with Crippen molar-refractivity contribution in [2.24, 2.45) is 34.6 Å². The predicted molar refractivity (Wildman–Crippen MR) is 134 cm³/mol. The molecule has 36 heavy (non-hydrogen) atoms. The number of primary amides is 2. The Balaban J connectivity index is 1.83. The molecule has 4 amide bonds. The Morgan fingerprint density at radius 3 is 2.53 bits per heavy atom. The summed E-state index contributed by atoms with van der Waals surface area (Å²) in [6.07, 6.45) is 0.754. The molecule has 10 heteroatoms. The van der Waals surface area contributed by atoms with Crippen molar-refractivity contribution in [1.82, 2.24) is 15.2 Å². The summed E-state index contributed by atoms with van der Waals surface area (Å²) in [6, 6.07) is 7.10. The number of methoxy groups -OCH3 is 1. The van der Waals surface area contributed by atoms with Crippen LogP contribution in [0.1, 0.15) is 50.5 Å². The van der Waals surface area contributed by atoms with Crippen LogP contribution in [0.15, 0.2) is 24.3 Å². The molecule has 4 rings (SSSR count). The first kappa shape index (κ1) is 25.5. The number of carbonyl (C=O) groups is 4. The number of aromatic amines is 1. The molecule has 2 fully saturated rings. The largest absolute Gasteiger partial charge is 0.496 e. The van der Waals surface area contributed by atoms with E-state index in [1.807, 2.05) is 26.8 Å². The Bertz CT molecular complexity index is 1220. The topological polar surface area (TPSA) is 161 Å². The van der Waals surface area contributed by atoms with Gasteiger partial charge < -0.3 is 31.4 Å². The number of nitrogens with zero attached hydrogens (tertiary/aromatic N) is 1.